The van der Waals surface area contributed by atoms with Crippen LogP contribution in [0.1, 0.15) is 105 Å². The Balaban J connectivity index is 1.41. The van der Waals surface area contributed by atoms with E-state index in [4.69, 9.17) is 15.2 Å². The molecule has 1 aliphatic heterocycles. The lowest BCUT2D eigenvalue weighted by molar-refractivity contribution is -0.00657. The van der Waals surface area contributed by atoms with E-state index in [1.165, 1.54) is 0 Å². The first-order valence-electron chi connectivity index (χ1n) is 15.0. The van der Waals surface area contributed by atoms with E-state index in [0.717, 1.165) is 36.0 Å². The van der Waals surface area contributed by atoms with Crippen molar-refractivity contribution in [3.63, 3.8) is 0 Å². The molecular formula is C33H44N6O3. The highest BCUT2D eigenvalue weighted by Gasteiger charge is 2.48. The highest BCUT2D eigenvalue weighted by atomic mass is 16.5. The molecule has 2 aliphatic rings. The van der Waals surface area contributed by atoms with E-state index in [1.807, 2.05) is 48.5 Å². The SMILES string of the molecule is CC(C)CC[C@]1(c2ccccc2)N=C(N)N(Cc2ccc(C(C)(C)C)c(C(=O)N(C)Cc3noc(C4CC4)n3)c2)C1O. The summed E-state index contributed by atoms with van der Waals surface area (Å²) in [7, 11) is 1.76. The summed E-state index contributed by atoms with van der Waals surface area (Å²) < 4.78 is 5.39. The van der Waals surface area contributed by atoms with Crippen LogP contribution in [-0.2, 0) is 24.0 Å². The summed E-state index contributed by atoms with van der Waals surface area (Å²) in [5.74, 6) is 2.14. The molecule has 2 aromatic carbocycles. The number of benzene rings is 2. The zero-order valence-corrected chi connectivity index (χ0v) is 25.7. The summed E-state index contributed by atoms with van der Waals surface area (Å²) in [5, 5.41) is 15.9. The van der Waals surface area contributed by atoms with Crippen molar-refractivity contribution >= 4 is 11.9 Å². The van der Waals surface area contributed by atoms with Gasteiger partial charge < -0.3 is 25.2 Å². The first-order valence-corrected chi connectivity index (χ1v) is 15.0. The second-order valence-electron chi connectivity index (χ2n) is 13.3. The number of nitrogens with two attached hydrogens (primary N) is 1. The van der Waals surface area contributed by atoms with Gasteiger partial charge in [0.1, 0.15) is 5.54 Å². The number of aliphatic hydroxyl groups excluding tert-OH is 1. The summed E-state index contributed by atoms with van der Waals surface area (Å²) in [6.07, 6.45) is 2.77. The largest absolute Gasteiger partial charge is 0.371 e. The fraction of sp³-hybridized carbons (Fsp3) is 0.515. The second-order valence-corrected chi connectivity index (χ2v) is 13.3. The maximum absolute atomic E-state index is 13.9. The average Bonchev–Trinajstić information content (AvgIpc) is 3.65. The summed E-state index contributed by atoms with van der Waals surface area (Å²) >= 11 is 0. The zero-order valence-electron chi connectivity index (χ0n) is 25.7. The van der Waals surface area contributed by atoms with E-state index in [1.54, 1.807) is 16.8 Å². The molecule has 224 valence electrons. The Kier molecular flexibility index (Phi) is 8.16. The van der Waals surface area contributed by atoms with Gasteiger partial charge in [-0.05, 0) is 59.8 Å². The Hall–Kier alpha value is -3.72. The van der Waals surface area contributed by atoms with Crippen LogP contribution in [0, 0.1) is 5.92 Å². The number of carbonyl (C=O) groups excluding carboxylic acids is 1. The van der Waals surface area contributed by atoms with Gasteiger partial charge in [-0.15, -0.1) is 0 Å². The lowest BCUT2D eigenvalue weighted by Gasteiger charge is -2.35. The van der Waals surface area contributed by atoms with Crippen molar-refractivity contribution < 1.29 is 14.4 Å². The third kappa shape index (κ3) is 6.07. The molecule has 3 aromatic rings. The lowest BCUT2D eigenvalue weighted by Crippen LogP contribution is -2.46. The maximum atomic E-state index is 13.9. The molecule has 0 saturated heterocycles. The van der Waals surface area contributed by atoms with Gasteiger partial charge >= 0.3 is 0 Å². The van der Waals surface area contributed by atoms with Crippen LogP contribution < -0.4 is 5.73 Å². The summed E-state index contributed by atoms with van der Waals surface area (Å²) in [6, 6.07) is 15.8. The molecule has 3 N–H and O–H groups in total. The quantitative estimate of drug-likeness (QED) is 0.338. The minimum atomic E-state index is -0.943. The van der Waals surface area contributed by atoms with Crippen LogP contribution in [0.25, 0.3) is 0 Å². The number of amides is 1. The van der Waals surface area contributed by atoms with Crippen molar-refractivity contribution in [2.24, 2.45) is 16.6 Å². The summed E-state index contributed by atoms with van der Waals surface area (Å²) in [6.45, 7) is 11.2. The topological polar surface area (TPSA) is 121 Å². The first kappa shape index (κ1) is 29.8. The molecule has 9 heteroatoms. The number of aromatic nitrogens is 2. The first-order chi connectivity index (χ1) is 19.9. The van der Waals surface area contributed by atoms with E-state index < -0.39 is 11.8 Å². The fourth-order valence-electron chi connectivity index (χ4n) is 5.69. The molecule has 9 nitrogen and oxygen atoms in total. The van der Waals surface area contributed by atoms with Crippen molar-refractivity contribution in [1.29, 1.82) is 0 Å². The molecule has 1 saturated carbocycles. The molecule has 2 atom stereocenters. The summed E-state index contributed by atoms with van der Waals surface area (Å²) in [4.78, 5) is 26.6. The predicted molar refractivity (Wildman–Crippen MR) is 163 cm³/mol. The van der Waals surface area contributed by atoms with Crippen molar-refractivity contribution in [3.8, 4) is 0 Å². The molecule has 1 amide bonds. The van der Waals surface area contributed by atoms with Gasteiger partial charge in [-0.25, -0.2) is 4.99 Å². The number of rotatable bonds is 10. The molecule has 1 fully saturated rings. The zero-order chi connectivity index (χ0) is 30.2. The van der Waals surface area contributed by atoms with Crippen LogP contribution in [-0.4, -0.2) is 50.2 Å². The van der Waals surface area contributed by atoms with Crippen LogP contribution in [0.3, 0.4) is 0 Å². The van der Waals surface area contributed by atoms with Gasteiger partial charge in [-0.3, -0.25) is 4.79 Å². The Bertz CT molecular complexity index is 1440. The molecule has 1 aliphatic carbocycles. The van der Waals surface area contributed by atoms with Gasteiger partial charge in [0.2, 0.25) is 5.89 Å². The number of guanidine groups is 1. The van der Waals surface area contributed by atoms with Gasteiger partial charge in [-0.2, -0.15) is 4.98 Å². The number of aliphatic hydroxyl groups is 1. The number of hydrogen-bond acceptors (Lipinski definition) is 8. The van der Waals surface area contributed by atoms with Crippen molar-refractivity contribution in [2.75, 3.05) is 7.05 Å². The van der Waals surface area contributed by atoms with Crippen LogP contribution in [0.15, 0.2) is 58.0 Å². The predicted octanol–water partition coefficient (Wildman–Crippen LogP) is 5.30. The van der Waals surface area contributed by atoms with Crippen molar-refractivity contribution in [1.82, 2.24) is 19.9 Å². The maximum Gasteiger partial charge on any atom is 0.254 e. The molecule has 1 unspecified atom stereocenters. The molecule has 5 rings (SSSR count). The Morgan fingerprint density at radius 1 is 1.19 bits per heavy atom. The van der Waals surface area contributed by atoms with Gasteiger partial charge in [0.15, 0.2) is 18.0 Å². The highest BCUT2D eigenvalue weighted by molar-refractivity contribution is 5.96. The molecule has 2 heterocycles. The van der Waals surface area contributed by atoms with Crippen LogP contribution in [0.4, 0.5) is 0 Å². The van der Waals surface area contributed by atoms with E-state index in [-0.39, 0.29) is 17.9 Å². The molecule has 1 aromatic heterocycles. The minimum absolute atomic E-state index is 0.126. The van der Waals surface area contributed by atoms with Crippen LogP contribution >= 0.6 is 0 Å². The third-order valence-electron chi connectivity index (χ3n) is 8.32. The van der Waals surface area contributed by atoms with E-state index in [9.17, 15) is 9.90 Å². The third-order valence-corrected chi connectivity index (χ3v) is 8.32. The molecular weight excluding hydrogens is 528 g/mol. The Morgan fingerprint density at radius 2 is 1.90 bits per heavy atom. The Morgan fingerprint density at radius 3 is 2.55 bits per heavy atom. The van der Waals surface area contributed by atoms with E-state index >= 15 is 0 Å². The molecule has 0 spiro atoms. The van der Waals surface area contributed by atoms with Crippen molar-refractivity contribution in [3.05, 3.63) is 82.5 Å². The molecule has 0 bridgehead atoms. The Labute approximate surface area is 248 Å². The van der Waals surface area contributed by atoms with Crippen LogP contribution in [0.5, 0.6) is 0 Å². The van der Waals surface area contributed by atoms with Crippen molar-refractivity contribution in [2.45, 2.75) is 96.5 Å². The van der Waals surface area contributed by atoms with Gasteiger partial charge in [0, 0.05) is 25.1 Å². The normalized spacial score (nSPS) is 20.7. The molecule has 0 radical (unpaired) electrons. The number of aliphatic imine (C=N–C) groups is 1. The minimum Gasteiger partial charge on any atom is -0.371 e. The smallest absolute Gasteiger partial charge is 0.254 e. The van der Waals surface area contributed by atoms with E-state index in [0.29, 0.717) is 48.0 Å². The van der Waals surface area contributed by atoms with Gasteiger partial charge in [-0.1, -0.05) is 82.2 Å². The van der Waals surface area contributed by atoms with Gasteiger partial charge in [0.25, 0.3) is 5.91 Å². The summed E-state index contributed by atoms with van der Waals surface area (Å²) in [5.41, 5.74) is 8.74. The molecule has 42 heavy (non-hydrogen) atoms. The van der Waals surface area contributed by atoms with Crippen LogP contribution in [0.2, 0.25) is 0 Å². The fourth-order valence-corrected chi connectivity index (χ4v) is 5.69. The van der Waals surface area contributed by atoms with Gasteiger partial charge in [0.05, 0.1) is 6.54 Å². The average molecular weight is 573 g/mol. The highest BCUT2D eigenvalue weighted by Crippen LogP contribution is 2.42. The second kappa shape index (κ2) is 11.5. The number of hydrogen-bond donors (Lipinski definition) is 2. The monoisotopic (exact) mass is 572 g/mol. The number of carbonyl (C=O) groups is 1. The standard InChI is InChI=1S/C33H44N6O3/c1-21(2)16-17-33(24-10-8-7-9-11-24)30(41)39(31(34)36-33)19-22-12-15-26(32(3,4)5)25(18-22)29(40)38(6)20-27-35-28(42-37-27)23-13-14-23/h7-12,15,18,21,23,30,41H,13-14,16-17,19-20H2,1-6H3,(H2,34,36)/t30?,33-/m1/s1. The van der Waals surface area contributed by atoms with E-state index in [2.05, 4.69) is 44.8 Å². The number of nitrogens with zero attached hydrogens (tertiary/aromatic N) is 5. The lowest BCUT2D eigenvalue weighted by atomic mass is 9.82.